The highest BCUT2D eigenvalue weighted by molar-refractivity contribution is 6.06. The van der Waals surface area contributed by atoms with Crippen LogP contribution in [-0.2, 0) is 11.3 Å². The Labute approximate surface area is 170 Å². The number of nitrogens with one attached hydrogen (secondary N) is 3. The van der Waals surface area contributed by atoms with Gasteiger partial charge in [0.05, 0.1) is 30.5 Å². The van der Waals surface area contributed by atoms with Gasteiger partial charge < -0.3 is 20.4 Å². The fourth-order valence-electron chi connectivity index (χ4n) is 4.94. The molecule has 29 heavy (non-hydrogen) atoms. The van der Waals surface area contributed by atoms with Gasteiger partial charge in [-0.1, -0.05) is 30.3 Å². The van der Waals surface area contributed by atoms with E-state index in [0.29, 0.717) is 5.56 Å². The topological polar surface area (TPSA) is 65.9 Å². The number of anilines is 2. The molecule has 3 heterocycles. The molecule has 2 amide bonds. The minimum Gasteiger partial charge on any atom is -0.358 e. The first-order chi connectivity index (χ1) is 14.2. The molecule has 0 radical (unpaired) electrons. The largest absolute Gasteiger partial charge is 0.358 e. The molecule has 2 saturated heterocycles. The van der Waals surface area contributed by atoms with Crippen LogP contribution in [-0.4, -0.2) is 43.5 Å². The van der Waals surface area contributed by atoms with Gasteiger partial charge in [0, 0.05) is 24.1 Å². The van der Waals surface area contributed by atoms with Crippen molar-refractivity contribution in [2.45, 2.75) is 37.9 Å². The smallest absolute Gasteiger partial charge is 0.251 e. The Morgan fingerprint density at radius 2 is 2.03 bits per heavy atom. The number of rotatable bonds is 4. The number of nitrogens with zero attached hydrogens (tertiary/aromatic N) is 1. The third kappa shape index (κ3) is 3.60. The molecule has 3 aliphatic heterocycles. The lowest BCUT2D eigenvalue weighted by atomic mass is 10.1. The highest BCUT2D eigenvalue weighted by Crippen LogP contribution is 2.37. The molecule has 3 N–H and O–H groups in total. The molecule has 1 unspecified atom stereocenters. The fraction of sp³-hybridized carbons (Fsp3) is 0.391. The summed E-state index contributed by atoms with van der Waals surface area (Å²) in [7, 11) is 0. The number of fused-ring (bicyclic) bond motifs is 3. The van der Waals surface area contributed by atoms with Crippen molar-refractivity contribution in [1.29, 1.82) is 0 Å². The molecule has 5 rings (SSSR count). The summed E-state index contributed by atoms with van der Waals surface area (Å²) in [5, 5.41) is 6.18. The van der Waals surface area contributed by atoms with Crippen LogP contribution in [0.5, 0.6) is 0 Å². The van der Waals surface area contributed by atoms with Crippen LogP contribution in [0.4, 0.5) is 11.4 Å². The number of likely N-dealkylation sites (tertiary alicyclic amines) is 1. The molecule has 0 aliphatic carbocycles. The summed E-state index contributed by atoms with van der Waals surface area (Å²) < 4.78 is 0. The molecule has 0 aromatic heterocycles. The number of hydrogen-bond acceptors (Lipinski definition) is 3. The molecule has 3 aliphatic rings. The van der Waals surface area contributed by atoms with Crippen molar-refractivity contribution in [3.8, 4) is 0 Å². The number of benzene rings is 2. The Morgan fingerprint density at radius 3 is 2.90 bits per heavy atom. The molecular formula is C23H27N4O2+. The van der Waals surface area contributed by atoms with E-state index in [0.717, 1.165) is 56.8 Å². The van der Waals surface area contributed by atoms with E-state index in [2.05, 4.69) is 39.8 Å². The first-order valence-electron chi connectivity index (χ1n) is 10.6. The number of hydrogen-bond donors (Lipinski definition) is 3. The minimum atomic E-state index is -0.0587. The summed E-state index contributed by atoms with van der Waals surface area (Å²) >= 11 is 0. The van der Waals surface area contributed by atoms with E-state index in [1.165, 1.54) is 10.5 Å². The van der Waals surface area contributed by atoms with Crippen LogP contribution in [0.25, 0.3) is 0 Å². The van der Waals surface area contributed by atoms with Crippen molar-refractivity contribution < 1.29 is 14.5 Å². The number of carbonyl (C=O) groups is 2. The Balaban J connectivity index is 1.23. The maximum atomic E-state index is 12.8. The van der Waals surface area contributed by atoms with Gasteiger partial charge in [0.15, 0.2) is 0 Å². The molecule has 150 valence electrons. The Hall–Kier alpha value is -2.86. The van der Waals surface area contributed by atoms with Gasteiger partial charge in [0.25, 0.3) is 5.91 Å². The lowest BCUT2D eigenvalue weighted by Crippen LogP contribution is -3.09. The molecule has 3 atom stereocenters. The Morgan fingerprint density at radius 1 is 1.17 bits per heavy atom. The van der Waals surface area contributed by atoms with Gasteiger partial charge in [-0.3, -0.25) is 9.59 Å². The molecule has 0 bridgehead atoms. The van der Waals surface area contributed by atoms with E-state index >= 15 is 0 Å². The number of quaternary nitrogens is 1. The van der Waals surface area contributed by atoms with E-state index in [9.17, 15) is 9.59 Å². The van der Waals surface area contributed by atoms with Crippen molar-refractivity contribution in [3.05, 3.63) is 59.7 Å². The predicted molar refractivity (Wildman–Crippen MR) is 112 cm³/mol. The maximum absolute atomic E-state index is 12.8. The first-order valence-corrected chi connectivity index (χ1v) is 10.6. The van der Waals surface area contributed by atoms with Gasteiger partial charge in [-0.25, -0.2) is 0 Å². The molecule has 2 fully saturated rings. The first kappa shape index (κ1) is 18.2. The van der Waals surface area contributed by atoms with Crippen molar-refractivity contribution in [2.24, 2.45) is 0 Å². The van der Waals surface area contributed by atoms with Gasteiger partial charge in [-0.2, -0.15) is 0 Å². The summed E-state index contributed by atoms with van der Waals surface area (Å²) in [6.45, 7) is 3.90. The van der Waals surface area contributed by atoms with Gasteiger partial charge >= 0.3 is 0 Å². The molecular weight excluding hydrogens is 364 g/mol. The van der Waals surface area contributed by atoms with E-state index in [-0.39, 0.29) is 23.9 Å². The van der Waals surface area contributed by atoms with E-state index in [1.54, 1.807) is 0 Å². The summed E-state index contributed by atoms with van der Waals surface area (Å²) in [5.74, 6) is -0.0138. The number of amides is 2. The highest BCUT2D eigenvalue weighted by Gasteiger charge is 2.36. The SMILES string of the molecule is O=C(N[C@H]1CC[NH+](Cc2ccccc2)C1)c1ccc2c(c1)NC(=O)[C@H]1CCCN21. The quantitative estimate of drug-likeness (QED) is 0.734. The Kier molecular flexibility index (Phi) is 4.72. The zero-order valence-electron chi connectivity index (χ0n) is 16.5. The molecule has 0 spiro atoms. The van der Waals surface area contributed by atoms with Gasteiger partial charge in [0.1, 0.15) is 12.6 Å². The summed E-state index contributed by atoms with van der Waals surface area (Å²) in [6.07, 6.45) is 2.92. The van der Waals surface area contributed by atoms with Crippen LogP contribution in [0.3, 0.4) is 0 Å². The summed E-state index contributed by atoms with van der Waals surface area (Å²) in [4.78, 5) is 28.8. The van der Waals surface area contributed by atoms with Crippen LogP contribution < -0.4 is 20.4 Å². The molecule has 2 aromatic rings. The summed E-state index contributed by atoms with van der Waals surface area (Å²) in [5.41, 5.74) is 3.73. The monoisotopic (exact) mass is 391 g/mol. The lowest BCUT2D eigenvalue weighted by molar-refractivity contribution is -0.901. The highest BCUT2D eigenvalue weighted by atomic mass is 16.2. The van der Waals surface area contributed by atoms with E-state index < -0.39 is 0 Å². The van der Waals surface area contributed by atoms with Gasteiger partial charge in [-0.15, -0.1) is 0 Å². The Bertz CT molecular complexity index is 930. The summed E-state index contributed by atoms with van der Waals surface area (Å²) in [6, 6.07) is 16.3. The normalized spacial score (nSPS) is 25.3. The van der Waals surface area contributed by atoms with Crippen LogP contribution in [0.2, 0.25) is 0 Å². The second-order valence-corrected chi connectivity index (χ2v) is 8.40. The maximum Gasteiger partial charge on any atom is 0.251 e. The van der Waals surface area contributed by atoms with Gasteiger partial charge in [0.2, 0.25) is 5.91 Å². The second-order valence-electron chi connectivity index (χ2n) is 8.40. The fourth-order valence-corrected chi connectivity index (χ4v) is 4.94. The standard InChI is InChI=1S/C23H26N4O2/c28-22(24-18-10-12-26(15-18)14-16-5-2-1-3-6-16)17-8-9-20-19(13-17)25-23(29)21-7-4-11-27(20)21/h1-3,5-6,8-9,13,18,21H,4,7,10-12,14-15H2,(H,24,28)(H,25,29)/p+1/t18-,21+/m0/s1. The van der Waals surface area contributed by atoms with Crippen LogP contribution >= 0.6 is 0 Å². The predicted octanol–water partition coefficient (Wildman–Crippen LogP) is 1.19. The third-order valence-electron chi connectivity index (χ3n) is 6.40. The molecule has 0 saturated carbocycles. The average molecular weight is 391 g/mol. The third-order valence-corrected chi connectivity index (χ3v) is 6.40. The van der Waals surface area contributed by atoms with Crippen LogP contribution in [0.15, 0.2) is 48.5 Å². The van der Waals surface area contributed by atoms with Crippen molar-refractivity contribution >= 4 is 23.2 Å². The average Bonchev–Trinajstić information content (AvgIpc) is 3.39. The van der Waals surface area contributed by atoms with Gasteiger partial charge in [-0.05, 0) is 31.0 Å². The molecule has 2 aromatic carbocycles. The zero-order valence-corrected chi connectivity index (χ0v) is 16.5. The van der Waals surface area contributed by atoms with E-state index in [1.807, 2.05) is 24.3 Å². The van der Waals surface area contributed by atoms with Crippen LogP contribution in [0, 0.1) is 0 Å². The van der Waals surface area contributed by atoms with Crippen molar-refractivity contribution in [1.82, 2.24) is 5.32 Å². The minimum absolute atomic E-state index is 0.0449. The molecule has 6 heteroatoms. The lowest BCUT2D eigenvalue weighted by Gasteiger charge is -2.33. The van der Waals surface area contributed by atoms with Crippen molar-refractivity contribution in [2.75, 3.05) is 29.9 Å². The molecule has 6 nitrogen and oxygen atoms in total. The zero-order chi connectivity index (χ0) is 19.8. The van der Waals surface area contributed by atoms with E-state index in [4.69, 9.17) is 0 Å². The second kappa shape index (κ2) is 7.52. The van der Waals surface area contributed by atoms with Crippen LogP contribution in [0.1, 0.15) is 35.2 Å². The van der Waals surface area contributed by atoms with Crippen molar-refractivity contribution in [3.63, 3.8) is 0 Å². The number of carbonyl (C=O) groups excluding carboxylic acids is 2.